The molecule has 7 nitrogen and oxygen atoms in total. The largest absolute Gasteiger partial charge is 0.462 e. The Bertz CT molecular complexity index is 792. The molecule has 1 aromatic rings. The van der Waals surface area contributed by atoms with Gasteiger partial charge < -0.3 is 19.7 Å². The normalized spacial score (nSPS) is 22.1. The fourth-order valence-corrected chi connectivity index (χ4v) is 3.15. The molecule has 0 aromatic heterocycles. The van der Waals surface area contributed by atoms with Gasteiger partial charge in [-0.05, 0) is 46.1 Å². The number of benzene rings is 1. The minimum Gasteiger partial charge on any atom is -0.462 e. The molecule has 1 saturated heterocycles. The molecule has 1 fully saturated rings. The van der Waals surface area contributed by atoms with Crippen LogP contribution in [0.2, 0.25) is 0 Å². The van der Waals surface area contributed by atoms with Crippen LogP contribution in [0, 0.1) is 17.3 Å². The van der Waals surface area contributed by atoms with Crippen molar-refractivity contribution in [3.8, 4) is 11.8 Å². The number of carbonyl (C=O) groups excluding carboxylic acids is 2. The van der Waals surface area contributed by atoms with E-state index in [9.17, 15) is 19.8 Å². The van der Waals surface area contributed by atoms with Crippen molar-refractivity contribution in [3.05, 3.63) is 35.9 Å². The summed E-state index contributed by atoms with van der Waals surface area (Å²) in [4.78, 5) is 26.0. The molecule has 0 bridgehead atoms. The van der Waals surface area contributed by atoms with Gasteiger partial charge in [0.2, 0.25) is 0 Å². The Kier molecular flexibility index (Phi) is 8.90. The van der Waals surface area contributed by atoms with Gasteiger partial charge in [-0.25, -0.2) is 4.79 Å². The van der Waals surface area contributed by atoms with E-state index in [1.165, 1.54) is 4.90 Å². The van der Waals surface area contributed by atoms with Crippen molar-refractivity contribution >= 4 is 12.1 Å². The van der Waals surface area contributed by atoms with E-state index in [0.29, 0.717) is 12.8 Å². The minimum absolute atomic E-state index is 0.109. The zero-order chi connectivity index (χ0) is 23.0. The third-order valence-electron chi connectivity index (χ3n) is 5.11. The van der Waals surface area contributed by atoms with E-state index in [1.807, 2.05) is 30.3 Å². The van der Waals surface area contributed by atoms with Crippen LogP contribution in [0.1, 0.15) is 52.5 Å². The van der Waals surface area contributed by atoms with Crippen LogP contribution in [0.5, 0.6) is 0 Å². The zero-order valence-electron chi connectivity index (χ0n) is 18.7. The van der Waals surface area contributed by atoms with Crippen molar-refractivity contribution in [1.29, 1.82) is 0 Å². The van der Waals surface area contributed by atoms with Crippen LogP contribution in [0.4, 0.5) is 4.79 Å². The monoisotopic (exact) mass is 431 g/mol. The van der Waals surface area contributed by atoms with E-state index in [4.69, 9.17) is 9.47 Å². The smallest absolute Gasteiger partial charge is 0.411 e. The molecule has 2 N–H and O–H groups in total. The Hall–Kier alpha value is -2.56. The van der Waals surface area contributed by atoms with Gasteiger partial charge in [0, 0.05) is 6.42 Å². The molecule has 1 heterocycles. The van der Waals surface area contributed by atoms with Crippen molar-refractivity contribution < 1.29 is 29.3 Å². The predicted octanol–water partition coefficient (Wildman–Crippen LogP) is 2.88. The second-order valence-corrected chi connectivity index (χ2v) is 8.88. The Morgan fingerprint density at radius 1 is 1.19 bits per heavy atom. The summed E-state index contributed by atoms with van der Waals surface area (Å²) in [6.45, 7) is 7.00. The molecule has 1 aromatic carbocycles. The standard InChI is InChI=1S/C24H33NO6/c1-17-21(27)14-13-19(11-8-12-20(26)16-30-22(28)24(2,3)4)25(17)23(29)31-15-18-9-6-5-7-10-18/h5-7,9-10,17,19-21,26-27H,12-16H2,1-4H3/t17-,19-,20+,21+/m0/s1. The lowest BCUT2D eigenvalue weighted by atomic mass is 9.94. The van der Waals surface area contributed by atoms with Gasteiger partial charge in [-0.3, -0.25) is 9.69 Å². The molecule has 4 atom stereocenters. The van der Waals surface area contributed by atoms with Crippen LogP contribution in [0.25, 0.3) is 0 Å². The summed E-state index contributed by atoms with van der Waals surface area (Å²) in [5, 5.41) is 20.3. The lowest BCUT2D eigenvalue weighted by Gasteiger charge is -2.40. The summed E-state index contributed by atoms with van der Waals surface area (Å²) >= 11 is 0. The van der Waals surface area contributed by atoms with Crippen LogP contribution >= 0.6 is 0 Å². The molecule has 0 radical (unpaired) electrons. The minimum atomic E-state index is -0.913. The number of amides is 1. The van der Waals surface area contributed by atoms with Crippen LogP contribution in [-0.2, 0) is 20.9 Å². The molecule has 1 aliphatic rings. The van der Waals surface area contributed by atoms with Gasteiger partial charge in [-0.2, -0.15) is 0 Å². The quantitative estimate of drug-likeness (QED) is 0.550. The maximum atomic E-state index is 12.7. The zero-order valence-corrected chi connectivity index (χ0v) is 18.7. The molecule has 1 aliphatic heterocycles. The maximum absolute atomic E-state index is 12.7. The predicted molar refractivity (Wildman–Crippen MR) is 116 cm³/mol. The van der Waals surface area contributed by atoms with Crippen LogP contribution in [0.3, 0.4) is 0 Å². The Morgan fingerprint density at radius 2 is 1.87 bits per heavy atom. The third kappa shape index (κ3) is 7.57. The number of carbonyl (C=O) groups is 2. The van der Waals surface area contributed by atoms with E-state index in [1.54, 1.807) is 27.7 Å². The van der Waals surface area contributed by atoms with E-state index >= 15 is 0 Å². The van der Waals surface area contributed by atoms with Crippen LogP contribution < -0.4 is 0 Å². The van der Waals surface area contributed by atoms with E-state index in [0.717, 1.165) is 5.56 Å². The lowest BCUT2D eigenvalue weighted by molar-refractivity contribution is -0.155. The maximum Gasteiger partial charge on any atom is 0.411 e. The van der Waals surface area contributed by atoms with E-state index in [-0.39, 0.29) is 25.6 Å². The van der Waals surface area contributed by atoms with Gasteiger partial charge in [0.15, 0.2) is 0 Å². The number of rotatable bonds is 5. The second-order valence-electron chi connectivity index (χ2n) is 8.88. The highest BCUT2D eigenvalue weighted by molar-refractivity contribution is 5.75. The first-order valence-corrected chi connectivity index (χ1v) is 10.6. The molecule has 31 heavy (non-hydrogen) atoms. The van der Waals surface area contributed by atoms with Gasteiger partial charge in [0.1, 0.15) is 13.2 Å². The van der Waals surface area contributed by atoms with Crippen molar-refractivity contribution in [2.24, 2.45) is 5.41 Å². The van der Waals surface area contributed by atoms with Crippen molar-refractivity contribution in [3.63, 3.8) is 0 Å². The molecule has 0 spiro atoms. The Morgan fingerprint density at radius 3 is 2.52 bits per heavy atom. The molecule has 0 saturated carbocycles. The highest BCUT2D eigenvalue weighted by Crippen LogP contribution is 2.24. The number of hydrogen-bond acceptors (Lipinski definition) is 6. The van der Waals surface area contributed by atoms with Crippen LogP contribution in [-0.4, -0.2) is 58.1 Å². The van der Waals surface area contributed by atoms with Gasteiger partial charge in [-0.1, -0.05) is 42.2 Å². The van der Waals surface area contributed by atoms with Gasteiger partial charge in [0.25, 0.3) is 0 Å². The summed E-state index contributed by atoms with van der Waals surface area (Å²) in [5.74, 6) is 5.52. The second kappa shape index (κ2) is 11.2. The Balaban J connectivity index is 1.95. The first kappa shape index (κ1) is 24.7. The number of aliphatic hydroxyl groups excluding tert-OH is 2. The molecule has 170 valence electrons. The number of nitrogens with zero attached hydrogens (tertiary/aromatic N) is 1. The van der Waals surface area contributed by atoms with Crippen LogP contribution in [0.15, 0.2) is 30.3 Å². The number of esters is 1. The fourth-order valence-electron chi connectivity index (χ4n) is 3.15. The topological polar surface area (TPSA) is 96.3 Å². The average molecular weight is 432 g/mol. The molecular formula is C24H33NO6. The summed E-state index contributed by atoms with van der Waals surface area (Å²) in [5.41, 5.74) is 0.238. The summed E-state index contributed by atoms with van der Waals surface area (Å²) in [6.07, 6.45) is -0.955. The number of ether oxygens (including phenoxy) is 2. The van der Waals surface area contributed by atoms with Crippen molar-refractivity contribution in [1.82, 2.24) is 4.90 Å². The fraction of sp³-hybridized carbons (Fsp3) is 0.583. The molecule has 0 unspecified atom stereocenters. The highest BCUT2D eigenvalue weighted by atomic mass is 16.6. The number of piperidine rings is 1. The SMILES string of the molecule is C[C@H]1[C@H](O)CC[C@H](C#CC[C@@H](O)COC(=O)C(C)(C)C)N1C(=O)OCc1ccccc1. The van der Waals surface area contributed by atoms with Gasteiger partial charge in [0.05, 0.1) is 29.7 Å². The molecule has 1 amide bonds. The number of hydrogen-bond donors (Lipinski definition) is 2. The summed E-state index contributed by atoms with van der Waals surface area (Å²) in [6, 6.07) is 8.50. The molecule has 7 heteroatoms. The van der Waals surface area contributed by atoms with Gasteiger partial charge >= 0.3 is 12.1 Å². The lowest BCUT2D eigenvalue weighted by Crippen LogP contribution is -2.54. The first-order chi connectivity index (χ1) is 14.6. The molecule has 0 aliphatic carbocycles. The van der Waals surface area contributed by atoms with E-state index in [2.05, 4.69) is 11.8 Å². The van der Waals surface area contributed by atoms with Crippen molar-refractivity contribution in [2.45, 2.75) is 77.9 Å². The highest BCUT2D eigenvalue weighted by Gasteiger charge is 2.37. The third-order valence-corrected chi connectivity index (χ3v) is 5.11. The summed E-state index contributed by atoms with van der Waals surface area (Å²) in [7, 11) is 0. The molecular weight excluding hydrogens is 398 g/mol. The van der Waals surface area contributed by atoms with Gasteiger partial charge in [-0.15, -0.1) is 0 Å². The number of likely N-dealkylation sites (tertiary alicyclic amines) is 1. The van der Waals surface area contributed by atoms with E-state index < -0.39 is 35.8 Å². The number of aliphatic hydroxyl groups is 2. The summed E-state index contributed by atoms with van der Waals surface area (Å²) < 4.78 is 10.5. The Labute approximate surface area is 184 Å². The average Bonchev–Trinajstić information content (AvgIpc) is 2.73. The first-order valence-electron chi connectivity index (χ1n) is 10.6. The van der Waals surface area contributed by atoms with Crippen molar-refractivity contribution in [2.75, 3.05) is 6.61 Å². The molecule has 2 rings (SSSR count).